The van der Waals surface area contributed by atoms with Gasteiger partial charge in [-0.05, 0) is 29.0 Å². The largest absolute Gasteiger partial charge is 0.312 e. The first kappa shape index (κ1) is 10.0. The Morgan fingerprint density at radius 2 is 2.14 bits per heavy atom. The van der Waals surface area contributed by atoms with Gasteiger partial charge in [-0.15, -0.1) is 0 Å². The van der Waals surface area contributed by atoms with E-state index in [4.69, 9.17) is 11.6 Å². The number of benzene rings is 1. The number of nitrogens with one attached hydrogen (secondary N) is 1. The zero-order chi connectivity index (χ0) is 10.2. The van der Waals surface area contributed by atoms with Crippen molar-refractivity contribution in [2.45, 2.75) is 26.8 Å². The van der Waals surface area contributed by atoms with Crippen molar-refractivity contribution in [3.8, 4) is 0 Å². The summed E-state index contributed by atoms with van der Waals surface area (Å²) in [5.41, 5.74) is 2.98. The van der Waals surface area contributed by atoms with Crippen LogP contribution in [0.1, 0.15) is 25.0 Å². The summed E-state index contributed by atoms with van der Waals surface area (Å²) in [4.78, 5) is 0. The van der Waals surface area contributed by atoms with E-state index in [1.165, 1.54) is 11.1 Å². The highest BCUT2D eigenvalue weighted by Crippen LogP contribution is 2.30. The maximum Gasteiger partial charge on any atom is 0.0441 e. The van der Waals surface area contributed by atoms with E-state index in [9.17, 15) is 0 Å². The lowest BCUT2D eigenvalue weighted by atomic mass is 9.85. The Bertz CT molecular complexity index is 344. The Morgan fingerprint density at radius 1 is 1.36 bits per heavy atom. The van der Waals surface area contributed by atoms with E-state index >= 15 is 0 Å². The molecule has 0 saturated carbocycles. The Morgan fingerprint density at radius 3 is 2.93 bits per heavy atom. The lowest BCUT2D eigenvalue weighted by molar-refractivity contribution is 0.349. The molecule has 0 atom stereocenters. The number of fused-ring (bicyclic) bond motifs is 1. The van der Waals surface area contributed by atoms with Crippen LogP contribution in [-0.2, 0) is 13.0 Å². The number of hydrogen-bond donors (Lipinski definition) is 1. The lowest BCUT2D eigenvalue weighted by Crippen LogP contribution is -2.27. The van der Waals surface area contributed by atoms with Gasteiger partial charge in [0.05, 0.1) is 0 Å². The van der Waals surface area contributed by atoms with Crippen molar-refractivity contribution >= 4 is 11.6 Å². The average Bonchev–Trinajstić information content (AvgIpc) is 2.24. The molecule has 0 spiro atoms. The molecule has 0 radical (unpaired) electrons. The Labute approximate surface area is 90.5 Å². The van der Waals surface area contributed by atoms with Gasteiger partial charge in [0, 0.05) is 18.1 Å². The van der Waals surface area contributed by atoms with E-state index < -0.39 is 0 Å². The van der Waals surface area contributed by atoms with Crippen LogP contribution in [0.15, 0.2) is 18.2 Å². The summed E-state index contributed by atoms with van der Waals surface area (Å²) in [7, 11) is 0. The molecule has 76 valence electrons. The van der Waals surface area contributed by atoms with Gasteiger partial charge >= 0.3 is 0 Å². The second-order valence-corrected chi connectivity index (χ2v) is 5.23. The van der Waals surface area contributed by atoms with Gasteiger partial charge in [0.1, 0.15) is 0 Å². The molecule has 0 aliphatic carbocycles. The van der Waals surface area contributed by atoms with E-state index in [-0.39, 0.29) is 0 Å². The van der Waals surface area contributed by atoms with Crippen LogP contribution in [0.2, 0.25) is 5.02 Å². The summed E-state index contributed by atoms with van der Waals surface area (Å²) in [5, 5.41) is 4.38. The third-order valence-corrected chi connectivity index (χ3v) is 3.14. The highest BCUT2D eigenvalue weighted by Gasteiger charge is 2.24. The molecule has 0 unspecified atom stereocenters. The summed E-state index contributed by atoms with van der Waals surface area (Å²) >= 11 is 6.21. The maximum absolute atomic E-state index is 6.21. The first-order valence-corrected chi connectivity index (χ1v) is 5.43. The number of hydrogen-bond acceptors (Lipinski definition) is 1. The van der Waals surface area contributed by atoms with Crippen molar-refractivity contribution in [1.82, 2.24) is 5.32 Å². The molecular formula is C12H16ClN. The minimum atomic E-state index is 0.302. The van der Waals surface area contributed by atoms with E-state index in [1.54, 1.807) is 0 Å². The van der Waals surface area contributed by atoms with Crippen LogP contribution < -0.4 is 5.32 Å². The first-order chi connectivity index (χ1) is 6.58. The van der Waals surface area contributed by atoms with Crippen molar-refractivity contribution < 1.29 is 0 Å². The summed E-state index contributed by atoms with van der Waals surface area (Å²) in [5.74, 6) is 0. The highest BCUT2D eigenvalue weighted by molar-refractivity contribution is 6.31. The Balaban J connectivity index is 2.43. The van der Waals surface area contributed by atoms with Crippen LogP contribution >= 0.6 is 11.6 Å². The second-order valence-electron chi connectivity index (χ2n) is 4.82. The molecule has 2 heteroatoms. The molecule has 0 amide bonds. The van der Waals surface area contributed by atoms with Gasteiger partial charge in [-0.25, -0.2) is 0 Å². The summed E-state index contributed by atoms with van der Waals surface area (Å²) < 4.78 is 0. The molecule has 1 nitrogen and oxygen atoms in total. The zero-order valence-corrected chi connectivity index (χ0v) is 9.49. The molecule has 0 aromatic heterocycles. The van der Waals surface area contributed by atoms with Crippen molar-refractivity contribution in [3.05, 3.63) is 34.3 Å². The van der Waals surface area contributed by atoms with Gasteiger partial charge in [-0.3, -0.25) is 0 Å². The third-order valence-electron chi connectivity index (χ3n) is 2.79. The molecule has 1 N–H and O–H groups in total. The molecule has 0 fully saturated rings. The van der Waals surface area contributed by atoms with Crippen LogP contribution in [0.4, 0.5) is 0 Å². The molecule has 1 heterocycles. The normalized spacial score (nSPS) is 19.9. The van der Waals surface area contributed by atoms with Gasteiger partial charge in [0.25, 0.3) is 0 Å². The van der Waals surface area contributed by atoms with Gasteiger partial charge in [-0.2, -0.15) is 0 Å². The molecular weight excluding hydrogens is 194 g/mol. The standard InChI is InChI=1S/C12H16ClN/c1-12(2)6-10-9(7-14-8-12)4-3-5-11(10)13/h3-5,14H,6-8H2,1-2H3. The molecule has 1 aromatic carbocycles. The summed E-state index contributed by atoms with van der Waals surface area (Å²) in [6.45, 7) is 6.55. The Kier molecular flexibility index (Phi) is 2.54. The van der Waals surface area contributed by atoms with Crippen LogP contribution in [0.3, 0.4) is 0 Å². The van der Waals surface area contributed by atoms with Crippen molar-refractivity contribution in [2.24, 2.45) is 5.41 Å². The highest BCUT2D eigenvalue weighted by atomic mass is 35.5. The van der Waals surface area contributed by atoms with E-state index in [0.717, 1.165) is 24.5 Å². The monoisotopic (exact) mass is 209 g/mol. The van der Waals surface area contributed by atoms with Crippen LogP contribution in [-0.4, -0.2) is 6.54 Å². The summed E-state index contributed by atoms with van der Waals surface area (Å²) in [6.07, 6.45) is 1.06. The van der Waals surface area contributed by atoms with Crippen molar-refractivity contribution in [2.75, 3.05) is 6.54 Å². The van der Waals surface area contributed by atoms with Crippen LogP contribution in [0.5, 0.6) is 0 Å². The van der Waals surface area contributed by atoms with Crippen molar-refractivity contribution in [1.29, 1.82) is 0 Å². The predicted octanol–water partition coefficient (Wildman–Crippen LogP) is 3.01. The maximum atomic E-state index is 6.21. The minimum Gasteiger partial charge on any atom is -0.312 e. The average molecular weight is 210 g/mol. The number of halogens is 1. The van der Waals surface area contributed by atoms with E-state index in [2.05, 4.69) is 25.2 Å². The SMILES string of the molecule is CC1(C)CNCc2cccc(Cl)c2C1. The fraction of sp³-hybridized carbons (Fsp3) is 0.500. The molecule has 1 aliphatic rings. The second kappa shape index (κ2) is 3.56. The minimum absolute atomic E-state index is 0.302. The molecule has 2 rings (SSSR count). The quantitative estimate of drug-likeness (QED) is 0.693. The first-order valence-electron chi connectivity index (χ1n) is 5.05. The van der Waals surface area contributed by atoms with E-state index in [0.29, 0.717) is 5.41 Å². The van der Waals surface area contributed by atoms with Crippen LogP contribution in [0.25, 0.3) is 0 Å². The molecule has 0 bridgehead atoms. The lowest BCUT2D eigenvalue weighted by Gasteiger charge is -2.22. The van der Waals surface area contributed by atoms with Gasteiger partial charge in [0.2, 0.25) is 0 Å². The third kappa shape index (κ3) is 1.94. The molecule has 14 heavy (non-hydrogen) atoms. The van der Waals surface area contributed by atoms with Gasteiger partial charge in [-0.1, -0.05) is 37.6 Å². The van der Waals surface area contributed by atoms with Crippen LogP contribution in [0, 0.1) is 5.41 Å². The number of rotatable bonds is 0. The smallest absolute Gasteiger partial charge is 0.0441 e. The fourth-order valence-corrected chi connectivity index (χ4v) is 2.30. The molecule has 1 aliphatic heterocycles. The topological polar surface area (TPSA) is 12.0 Å². The van der Waals surface area contributed by atoms with E-state index in [1.807, 2.05) is 12.1 Å². The van der Waals surface area contributed by atoms with Gasteiger partial charge < -0.3 is 5.32 Å². The fourth-order valence-electron chi connectivity index (χ4n) is 2.04. The zero-order valence-electron chi connectivity index (χ0n) is 8.73. The Hall–Kier alpha value is -0.530. The van der Waals surface area contributed by atoms with Gasteiger partial charge in [0.15, 0.2) is 0 Å². The molecule has 0 saturated heterocycles. The van der Waals surface area contributed by atoms with Crippen molar-refractivity contribution in [3.63, 3.8) is 0 Å². The summed E-state index contributed by atoms with van der Waals surface area (Å²) in [6, 6.07) is 6.18. The molecule has 1 aromatic rings. The predicted molar refractivity (Wildman–Crippen MR) is 60.6 cm³/mol.